The van der Waals surface area contributed by atoms with Gasteiger partial charge in [-0.05, 0) is 37.6 Å². The number of carbonyl (C=O) groups is 1. The molecule has 0 aliphatic rings. The molecule has 3 rings (SSSR count). The average Bonchev–Trinajstić information content (AvgIpc) is 3.42. The number of amides is 1. The van der Waals surface area contributed by atoms with Crippen LogP contribution < -0.4 is 14.6 Å². The van der Waals surface area contributed by atoms with Gasteiger partial charge in [0.1, 0.15) is 6.54 Å². The number of nitrogens with zero attached hydrogens (tertiary/aromatic N) is 1. The van der Waals surface area contributed by atoms with Gasteiger partial charge < -0.3 is 10.1 Å². The van der Waals surface area contributed by atoms with Crippen molar-refractivity contribution in [2.75, 3.05) is 11.9 Å². The number of hydrogen-bond donors (Lipinski definition) is 1. The van der Waals surface area contributed by atoms with E-state index in [1.807, 2.05) is 24.3 Å². The smallest absolute Gasteiger partial charge is 0.269 e. The number of halogens is 1. The maximum Gasteiger partial charge on any atom is 0.269 e. The Morgan fingerprint density at radius 2 is 1.56 bits per heavy atom. The summed E-state index contributed by atoms with van der Waals surface area (Å²) < 4.78 is 22.6. The molecule has 3 aromatic rings. The highest BCUT2D eigenvalue weighted by Gasteiger charge is 2.16. The summed E-state index contributed by atoms with van der Waals surface area (Å²) in [4.78, 5) is 12.9. The van der Waals surface area contributed by atoms with Crippen LogP contribution in [0, 0.1) is 5.82 Å². The fourth-order valence-electron chi connectivity index (χ4n) is 4.87. The van der Waals surface area contributed by atoms with Gasteiger partial charge in [-0.1, -0.05) is 107 Å². The maximum absolute atomic E-state index is 14.6. The van der Waals surface area contributed by atoms with E-state index in [2.05, 4.69) is 35.3 Å². The maximum atomic E-state index is 14.6. The third-order valence-electron chi connectivity index (χ3n) is 7.06. The van der Waals surface area contributed by atoms with E-state index in [-0.39, 0.29) is 18.1 Å². The number of nitrogens with one attached hydrogen (secondary N) is 1. The van der Waals surface area contributed by atoms with Crippen molar-refractivity contribution >= 4 is 22.9 Å². The minimum absolute atomic E-state index is 0.0593. The predicted molar refractivity (Wildman–Crippen MR) is 161 cm³/mol. The Bertz CT molecular complexity index is 1130. The Morgan fingerprint density at radius 3 is 2.26 bits per heavy atom. The molecule has 0 bridgehead atoms. The van der Waals surface area contributed by atoms with Crippen molar-refractivity contribution < 1.29 is 18.5 Å². The van der Waals surface area contributed by atoms with Crippen molar-refractivity contribution in [2.45, 2.75) is 104 Å². The van der Waals surface area contributed by atoms with Crippen molar-refractivity contribution in [3.05, 3.63) is 65.4 Å². The molecule has 1 heterocycles. The van der Waals surface area contributed by atoms with E-state index in [4.69, 9.17) is 4.74 Å². The summed E-state index contributed by atoms with van der Waals surface area (Å²) >= 11 is 1.67. The molecule has 0 atom stereocenters. The number of anilines is 1. The topological polar surface area (TPSA) is 42.2 Å². The highest BCUT2D eigenvalue weighted by Crippen LogP contribution is 2.26. The minimum atomic E-state index is -0.414. The number of unbranched alkanes of at least 4 members (excludes halogenated alkanes) is 11. The molecule has 0 fully saturated rings. The van der Waals surface area contributed by atoms with E-state index in [1.54, 1.807) is 23.5 Å². The van der Waals surface area contributed by atoms with Gasteiger partial charge in [-0.3, -0.25) is 4.79 Å². The number of carbonyl (C=O) groups excluding carboxylic acids is 1. The number of aryl methyl sites for hydroxylation is 1. The molecule has 2 aromatic carbocycles. The number of thiazole rings is 1. The first-order valence-corrected chi connectivity index (χ1v) is 15.8. The molecule has 0 unspecified atom stereocenters. The first kappa shape index (κ1) is 30.8. The fraction of sp³-hybridized carbons (Fsp3) is 0.515. The lowest BCUT2D eigenvalue weighted by Crippen LogP contribution is -2.31. The van der Waals surface area contributed by atoms with E-state index in [0.29, 0.717) is 12.2 Å². The van der Waals surface area contributed by atoms with Crippen LogP contribution in [0.1, 0.15) is 96.5 Å². The van der Waals surface area contributed by atoms with E-state index >= 15 is 0 Å². The number of rotatable bonds is 19. The zero-order chi connectivity index (χ0) is 27.7. The van der Waals surface area contributed by atoms with Crippen molar-refractivity contribution in [1.29, 1.82) is 0 Å². The quantitative estimate of drug-likeness (QED) is 0.119. The van der Waals surface area contributed by atoms with E-state index < -0.39 is 5.82 Å². The normalized spacial score (nSPS) is 11.1. The summed E-state index contributed by atoms with van der Waals surface area (Å²) in [6.07, 6.45) is 17.3. The molecule has 4 nitrogen and oxygen atoms in total. The van der Waals surface area contributed by atoms with Gasteiger partial charge in [-0.25, -0.2) is 4.39 Å². The van der Waals surface area contributed by atoms with Gasteiger partial charge in [0.15, 0.2) is 17.8 Å². The number of aromatic nitrogens is 1. The molecule has 0 spiro atoms. The third-order valence-corrected chi connectivity index (χ3v) is 8.01. The molecule has 0 saturated carbocycles. The lowest BCUT2D eigenvalue weighted by molar-refractivity contribution is -0.678. The minimum Gasteiger partial charge on any atom is -0.490 e. The second-order valence-electron chi connectivity index (χ2n) is 10.3. The van der Waals surface area contributed by atoms with Crippen LogP contribution >= 0.6 is 11.3 Å². The molecule has 6 heteroatoms. The Kier molecular flexibility index (Phi) is 14.0. The zero-order valence-corrected chi connectivity index (χ0v) is 24.7. The molecular formula is C33H46FN2O2S+. The molecule has 212 valence electrons. The lowest BCUT2D eigenvalue weighted by Gasteiger charge is -2.13. The van der Waals surface area contributed by atoms with E-state index in [1.165, 1.54) is 70.3 Å². The van der Waals surface area contributed by atoms with Gasteiger partial charge in [0.2, 0.25) is 5.91 Å². The summed E-state index contributed by atoms with van der Waals surface area (Å²) in [5.74, 6) is -0.405. The number of benzene rings is 2. The number of para-hydroxylation sites is 1. The van der Waals surface area contributed by atoms with Crippen LogP contribution in [0.5, 0.6) is 5.75 Å². The summed E-state index contributed by atoms with van der Waals surface area (Å²) in [7, 11) is 0. The van der Waals surface area contributed by atoms with Crippen molar-refractivity contribution in [2.24, 2.45) is 0 Å². The highest BCUT2D eigenvalue weighted by atomic mass is 32.1. The van der Waals surface area contributed by atoms with Crippen molar-refractivity contribution in [3.63, 3.8) is 0 Å². The van der Waals surface area contributed by atoms with Gasteiger partial charge in [0.05, 0.1) is 24.0 Å². The Hall–Kier alpha value is -2.73. The van der Waals surface area contributed by atoms with Gasteiger partial charge in [0.25, 0.3) is 5.01 Å². The highest BCUT2D eigenvalue weighted by molar-refractivity contribution is 7.12. The largest absolute Gasteiger partial charge is 0.490 e. The number of ether oxygens (including phenoxy) is 1. The SMILES string of the molecule is CCCCCCCCCCCCCCOc1c(F)cccc1CC(=O)Nc1cccc(-c2scc[n+]2CC)c1. The monoisotopic (exact) mass is 553 g/mol. The van der Waals surface area contributed by atoms with Crippen LogP contribution in [-0.4, -0.2) is 12.5 Å². The summed E-state index contributed by atoms with van der Waals surface area (Å²) in [6, 6.07) is 12.6. The summed E-state index contributed by atoms with van der Waals surface area (Å²) in [5.41, 5.74) is 2.36. The fourth-order valence-corrected chi connectivity index (χ4v) is 5.79. The molecule has 0 aliphatic heterocycles. The van der Waals surface area contributed by atoms with Gasteiger partial charge in [-0.15, -0.1) is 0 Å². The summed E-state index contributed by atoms with van der Waals surface area (Å²) in [5, 5.41) is 6.18. The Morgan fingerprint density at radius 1 is 0.897 bits per heavy atom. The van der Waals surface area contributed by atoms with Gasteiger partial charge >= 0.3 is 0 Å². The Balaban J connectivity index is 1.40. The third kappa shape index (κ3) is 10.7. The molecule has 39 heavy (non-hydrogen) atoms. The van der Waals surface area contributed by atoms with Crippen LogP contribution in [0.2, 0.25) is 0 Å². The molecule has 0 radical (unpaired) electrons. The van der Waals surface area contributed by atoms with Crippen LogP contribution in [-0.2, 0) is 17.8 Å². The second-order valence-corrected chi connectivity index (χ2v) is 11.2. The molecule has 0 aliphatic carbocycles. The molecular weight excluding hydrogens is 507 g/mol. The van der Waals surface area contributed by atoms with Crippen molar-refractivity contribution in [1.82, 2.24) is 0 Å². The second kappa shape index (κ2) is 17.8. The average molecular weight is 554 g/mol. The summed E-state index contributed by atoms with van der Waals surface area (Å²) in [6.45, 7) is 5.72. The standard InChI is InChI=1S/C33H45FN2O2S/c1-3-5-6-7-8-9-10-11-12-13-14-15-23-38-32-27(18-17-21-30(32)34)26-31(37)35-29-20-16-19-28(25-29)33-36(4-2)22-24-39-33/h16-22,24-25H,3-15,23,26H2,1-2H3/p+1. The first-order valence-electron chi connectivity index (χ1n) is 14.9. The predicted octanol–water partition coefficient (Wildman–Crippen LogP) is 9.12. The van der Waals surface area contributed by atoms with Gasteiger partial charge in [-0.2, -0.15) is 4.57 Å². The number of hydrogen-bond acceptors (Lipinski definition) is 3. The first-order chi connectivity index (χ1) is 19.1. The molecule has 1 amide bonds. The molecule has 1 N–H and O–H groups in total. The molecule has 0 saturated heterocycles. The lowest BCUT2D eigenvalue weighted by atomic mass is 10.1. The van der Waals surface area contributed by atoms with E-state index in [0.717, 1.165) is 35.6 Å². The Labute approximate surface area is 238 Å². The zero-order valence-electron chi connectivity index (χ0n) is 23.9. The van der Waals surface area contributed by atoms with Crippen LogP contribution in [0.25, 0.3) is 10.6 Å². The van der Waals surface area contributed by atoms with Gasteiger partial charge in [0, 0.05) is 11.3 Å². The van der Waals surface area contributed by atoms with Crippen LogP contribution in [0.3, 0.4) is 0 Å². The van der Waals surface area contributed by atoms with Crippen LogP contribution in [0.15, 0.2) is 54.0 Å². The molecule has 1 aromatic heterocycles. The van der Waals surface area contributed by atoms with E-state index in [9.17, 15) is 9.18 Å². The van der Waals surface area contributed by atoms with Crippen molar-refractivity contribution in [3.8, 4) is 16.3 Å². The van der Waals surface area contributed by atoms with Crippen LogP contribution in [0.4, 0.5) is 10.1 Å².